The van der Waals surface area contributed by atoms with Crippen LogP contribution in [0, 0.1) is 5.92 Å². The Hall–Kier alpha value is -3.35. The lowest BCUT2D eigenvalue weighted by atomic mass is 10.1. The van der Waals surface area contributed by atoms with Gasteiger partial charge in [-0.15, -0.1) is 0 Å². The number of amides is 3. The molecule has 0 bridgehead atoms. The number of methoxy groups -OCH3 is 1. The Balaban J connectivity index is 1.64. The monoisotopic (exact) mass is 381 g/mol. The Morgan fingerprint density at radius 1 is 1.18 bits per heavy atom. The van der Waals surface area contributed by atoms with Gasteiger partial charge in [0.2, 0.25) is 17.7 Å². The Morgan fingerprint density at radius 2 is 1.96 bits per heavy atom. The zero-order valence-electron chi connectivity index (χ0n) is 15.9. The van der Waals surface area contributed by atoms with Crippen molar-refractivity contribution >= 4 is 29.1 Å². The van der Waals surface area contributed by atoms with Crippen LogP contribution < -0.4 is 20.3 Å². The smallest absolute Gasteiger partial charge is 0.227 e. The SMILES string of the molecule is COc1ccccc1CNC(=O)[C@H]1CC(=O)N(c2cccc(NC(C)=O)c2)C1. The summed E-state index contributed by atoms with van der Waals surface area (Å²) in [6.45, 7) is 2.07. The first-order valence-corrected chi connectivity index (χ1v) is 9.05. The maximum Gasteiger partial charge on any atom is 0.227 e. The second-order valence-corrected chi connectivity index (χ2v) is 6.67. The van der Waals surface area contributed by atoms with Gasteiger partial charge in [-0.25, -0.2) is 0 Å². The molecule has 0 spiro atoms. The van der Waals surface area contributed by atoms with Crippen LogP contribution in [-0.2, 0) is 20.9 Å². The van der Waals surface area contributed by atoms with E-state index in [1.165, 1.54) is 6.92 Å². The van der Waals surface area contributed by atoms with Crippen LogP contribution >= 0.6 is 0 Å². The van der Waals surface area contributed by atoms with Gasteiger partial charge >= 0.3 is 0 Å². The quantitative estimate of drug-likeness (QED) is 0.804. The number of benzene rings is 2. The van der Waals surface area contributed by atoms with Crippen LogP contribution in [-0.4, -0.2) is 31.4 Å². The molecule has 1 fully saturated rings. The summed E-state index contributed by atoms with van der Waals surface area (Å²) in [4.78, 5) is 37.8. The number of ether oxygens (including phenoxy) is 1. The zero-order chi connectivity index (χ0) is 20.1. The maximum atomic E-state index is 12.6. The highest BCUT2D eigenvalue weighted by molar-refractivity contribution is 6.01. The van der Waals surface area contributed by atoms with Gasteiger partial charge in [0.1, 0.15) is 5.75 Å². The van der Waals surface area contributed by atoms with E-state index in [0.29, 0.717) is 30.2 Å². The Labute approximate surface area is 163 Å². The second kappa shape index (κ2) is 8.56. The zero-order valence-corrected chi connectivity index (χ0v) is 15.9. The summed E-state index contributed by atoms with van der Waals surface area (Å²) in [5, 5.41) is 5.59. The van der Waals surface area contributed by atoms with Gasteiger partial charge in [0.15, 0.2) is 0 Å². The summed E-state index contributed by atoms with van der Waals surface area (Å²) in [6, 6.07) is 14.5. The molecular weight excluding hydrogens is 358 g/mol. The highest BCUT2D eigenvalue weighted by atomic mass is 16.5. The van der Waals surface area contributed by atoms with Gasteiger partial charge in [-0.2, -0.15) is 0 Å². The third-order valence-corrected chi connectivity index (χ3v) is 4.62. The van der Waals surface area contributed by atoms with E-state index >= 15 is 0 Å². The average molecular weight is 381 g/mol. The molecule has 1 saturated heterocycles. The Kier molecular flexibility index (Phi) is 5.93. The number of nitrogens with zero attached hydrogens (tertiary/aromatic N) is 1. The molecule has 0 aromatic heterocycles. The van der Waals surface area contributed by atoms with Crippen LogP contribution in [0.5, 0.6) is 5.75 Å². The molecule has 1 heterocycles. The van der Waals surface area contributed by atoms with Crippen LogP contribution in [0.4, 0.5) is 11.4 Å². The van der Waals surface area contributed by atoms with E-state index < -0.39 is 5.92 Å². The molecule has 0 aliphatic carbocycles. The molecule has 1 aliphatic rings. The average Bonchev–Trinajstić information content (AvgIpc) is 3.08. The Bertz CT molecular complexity index is 897. The highest BCUT2D eigenvalue weighted by Gasteiger charge is 2.35. The van der Waals surface area contributed by atoms with Gasteiger partial charge in [0.25, 0.3) is 0 Å². The number of hydrogen-bond donors (Lipinski definition) is 2. The predicted octanol–water partition coefficient (Wildman–Crippen LogP) is 2.32. The molecule has 7 heteroatoms. The van der Waals surface area contributed by atoms with Crippen molar-refractivity contribution in [2.75, 3.05) is 23.9 Å². The number of carbonyl (C=O) groups excluding carboxylic acids is 3. The van der Waals surface area contributed by atoms with Gasteiger partial charge in [-0.1, -0.05) is 24.3 Å². The van der Waals surface area contributed by atoms with Crippen molar-refractivity contribution in [3.8, 4) is 5.75 Å². The topological polar surface area (TPSA) is 87.7 Å². The minimum atomic E-state index is -0.424. The first-order chi connectivity index (χ1) is 13.5. The molecule has 0 unspecified atom stereocenters. The van der Waals surface area contributed by atoms with Crippen molar-refractivity contribution in [3.63, 3.8) is 0 Å². The third kappa shape index (κ3) is 4.49. The molecule has 0 radical (unpaired) electrons. The van der Waals surface area contributed by atoms with Crippen molar-refractivity contribution in [1.82, 2.24) is 5.32 Å². The molecule has 7 nitrogen and oxygen atoms in total. The minimum absolute atomic E-state index is 0.114. The fourth-order valence-corrected chi connectivity index (χ4v) is 3.26. The van der Waals surface area contributed by atoms with Crippen molar-refractivity contribution in [2.45, 2.75) is 19.9 Å². The molecule has 146 valence electrons. The molecule has 2 aromatic rings. The van der Waals surface area contributed by atoms with Gasteiger partial charge in [-0.05, 0) is 24.3 Å². The number of anilines is 2. The van der Waals surface area contributed by atoms with Crippen LogP contribution in [0.2, 0.25) is 0 Å². The first-order valence-electron chi connectivity index (χ1n) is 9.05. The maximum absolute atomic E-state index is 12.6. The van der Waals surface area contributed by atoms with Crippen LogP contribution in [0.25, 0.3) is 0 Å². The summed E-state index contributed by atoms with van der Waals surface area (Å²) in [5.41, 5.74) is 2.15. The summed E-state index contributed by atoms with van der Waals surface area (Å²) in [7, 11) is 1.59. The fourth-order valence-electron chi connectivity index (χ4n) is 3.26. The van der Waals surface area contributed by atoms with Crippen LogP contribution in [0.3, 0.4) is 0 Å². The van der Waals surface area contributed by atoms with E-state index in [9.17, 15) is 14.4 Å². The van der Waals surface area contributed by atoms with Crippen LogP contribution in [0.15, 0.2) is 48.5 Å². The van der Waals surface area contributed by atoms with Gasteiger partial charge in [0.05, 0.1) is 13.0 Å². The van der Waals surface area contributed by atoms with E-state index in [-0.39, 0.29) is 24.1 Å². The molecule has 1 aliphatic heterocycles. The molecule has 3 rings (SSSR count). The van der Waals surface area contributed by atoms with Gasteiger partial charge in [-0.3, -0.25) is 14.4 Å². The largest absolute Gasteiger partial charge is 0.496 e. The van der Waals surface area contributed by atoms with Crippen molar-refractivity contribution in [1.29, 1.82) is 0 Å². The molecule has 28 heavy (non-hydrogen) atoms. The minimum Gasteiger partial charge on any atom is -0.496 e. The van der Waals surface area contributed by atoms with Crippen molar-refractivity contribution in [3.05, 3.63) is 54.1 Å². The number of carbonyl (C=O) groups is 3. The number of para-hydroxylation sites is 1. The Morgan fingerprint density at radius 3 is 2.71 bits per heavy atom. The fraction of sp³-hybridized carbons (Fsp3) is 0.286. The number of rotatable bonds is 6. The summed E-state index contributed by atoms with van der Waals surface area (Å²) in [5.74, 6) is -0.177. The van der Waals surface area contributed by atoms with E-state index in [1.54, 1.807) is 36.3 Å². The first kappa shape index (κ1) is 19.4. The molecule has 2 N–H and O–H groups in total. The molecule has 1 atom stereocenters. The highest BCUT2D eigenvalue weighted by Crippen LogP contribution is 2.27. The van der Waals surface area contributed by atoms with Crippen LogP contribution in [0.1, 0.15) is 18.9 Å². The second-order valence-electron chi connectivity index (χ2n) is 6.67. The standard InChI is InChI=1S/C21H23N3O4/c1-14(25)23-17-7-5-8-18(11-17)24-13-16(10-20(24)26)21(27)22-12-15-6-3-4-9-19(15)28-2/h3-9,11,16H,10,12-13H2,1-2H3,(H,22,27)(H,23,25)/t16-/m0/s1. The number of hydrogen-bond acceptors (Lipinski definition) is 4. The lowest BCUT2D eigenvalue weighted by molar-refractivity contribution is -0.126. The van der Waals surface area contributed by atoms with E-state index in [0.717, 1.165) is 5.56 Å². The van der Waals surface area contributed by atoms with E-state index in [2.05, 4.69) is 10.6 Å². The molecule has 2 aromatic carbocycles. The van der Waals surface area contributed by atoms with Gasteiger partial charge < -0.3 is 20.3 Å². The van der Waals surface area contributed by atoms with Gasteiger partial charge in [0, 0.05) is 43.4 Å². The normalized spacial score (nSPS) is 16.0. The predicted molar refractivity (Wildman–Crippen MR) is 106 cm³/mol. The van der Waals surface area contributed by atoms with Crippen molar-refractivity contribution in [2.24, 2.45) is 5.92 Å². The third-order valence-electron chi connectivity index (χ3n) is 4.62. The number of nitrogens with one attached hydrogen (secondary N) is 2. The van der Waals surface area contributed by atoms with E-state index in [4.69, 9.17) is 4.74 Å². The molecule has 0 saturated carbocycles. The molecular formula is C21H23N3O4. The summed E-state index contributed by atoms with van der Waals surface area (Å²) >= 11 is 0. The van der Waals surface area contributed by atoms with Crippen molar-refractivity contribution < 1.29 is 19.1 Å². The lowest BCUT2D eigenvalue weighted by Gasteiger charge is -2.18. The summed E-state index contributed by atoms with van der Waals surface area (Å²) in [6.07, 6.45) is 0.155. The lowest BCUT2D eigenvalue weighted by Crippen LogP contribution is -2.32. The molecule has 3 amide bonds. The van der Waals surface area contributed by atoms with E-state index in [1.807, 2.05) is 24.3 Å². The summed E-state index contributed by atoms with van der Waals surface area (Å²) < 4.78 is 5.29.